The first-order valence-electron chi connectivity index (χ1n) is 7.09. The molecule has 1 saturated heterocycles. The topological polar surface area (TPSA) is 36.4 Å². The number of carbonyl (C=O) groups excluding carboxylic acids is 1. The zero-order chi connectivity index (χ0) is 15.4. The zero-order valence-electron chi connectivity index (χ0n) is 12.0. The Morgan fingerprint density at radius 2 is 1.91 bits per heavy atom. The van der Waals surface area contributed by atoms with E-state index in [1.807, 2.05) is 46.8 Å². The van der Waals surface area contributed by atoms with Crippen molar-refractivity contribution in [1.82, 2.24) is 9.88 Å². The van der Waals surface area contributed by atoms with E-state index >= 15 is 0 Å². The Kier molecular flexibility index (Phi) is 4.75. The average Bonchev–Trinajstić information content (AvgIpc) is 3.09. The van der Waals surface area contributed by atoms with Crippen molar-refractivity contribution in [1.29, 1.82) is 0 Å². The van der Waals surface area contributed by atoms with Gasteiger partial charge < -0.3 is 9.80 Å². The molecule has 1 aromatic carbocycles. The number of amides is 1. The van der Waals surface area contributed by atoms with Crippen molar-refractivity contribution in [2.45, 2.75) is 0 Å². The molecule has 0 atom stereocenters. The highest BCUT2D eigenvalue weighted by atomic mass is 35.5. The third kappa shape index (κ3) is 3.67. The molecule has 0 bridgehead atoms. The molecule has 22 heavy (non-hydrogen) atoms. The standard InChI is InChI=1S/C16H16ClN3OS/c17-14-4-1-13(2-5-14)3-6-15(21)19-8-10-20(11-9-19)16-18-7-12-22-16/h1-7,12H,8-11H2/b6-3+. The molecular weight excluding hydrogens is 318 g/mol. The number of rotatable bonds is 3. The Hall–Kier alpha value is -1.85. The van der Waals surface area contributed by atoms with E-state index < -0.39 is 0 Å². The summed E-state index contributed by atoms with van der Waals surface area (Å²) in [5, 5.41) is 3.70. The van der Waals surface area contributed by atoms with Crippen LogP contribution >= 0.6 is 22.9 Å². The zero-order valence-corrected chi connectivity index (χ0v) is 13.6. The lowest BCUT2D eigenvalue weighted by molar-refractivity contribution is -0.126. The second kappa shape index (κ2) is 6.94. The van der Waals surface area contributed by atoms with Crippen LogP contribution in [0.4, 0.5) is 5.13 Å². The molecule has 1 aromatic heterocycles. The van der Waals surface area contributed by atoms with Crippen molar-refractivity contribution in [2.24, 2.45) is 0 Å². The third-order valence-electron chi connectivity index (χ3n) is 3.57. The number of piperazine rings is 1. The maximum absolute atomic E-state index is 12.2. The van der Waals surface area contributed by atoms with Crippen molar-refractivity contribution in [3.63, 3.8) is 0 Å². The van der Waals surface area contributed by atoms with Crippen molar-refractivity contribution in [3.05, 3.63) is 52.5 Å². The Morgan fingerprint density at radius 1 is 1.18 bits per heavy atom. The molecule has 114 valence electrons. The molecule has 1 amide bonds. The first-order valence-corrected chi connectivity index (χ1v) is 8.35. The van der Waals surface area contributed by atoms with Gasteiger partial charge in [-0.2, -0.15) is 0 Å². The van der Waals surface area contributed by atoms with Crippen molar-refractivity contribution >= 4 is 40.1 Å². The minimum Gasteiger partial charge on any atom is -0.345 e. The summed E-state index contributed by atoms with van der Waals surface area (Å²) in [6, 6.07) is 7.43. The molecule has 2 aromatic rings. The van der Waals surface area contributed by atoms with E-state index in [4.69, 9.17) is 11.6 Å². The third-order valence-corrected chi connectivity index (χ3v) is 4.65. The van der Waals surface area contributed by atoms with Crippen LogP contribution in [0.1, 0.15) is 5.56 Å². The fraction of sp³-hybridized carbons (Fsp3) is 0.250. The van der Waals surface area contributed by atoms with Crippen LogP contribution in [-0.4, -0.2) is 42.0 Å². The molecule has 0 saturated carbocycles. The maximum atomic E-state index is 12.2. The number of hydrogen-bond donors (Lipinski definition) is 0. The van der Waals surface area contributed by atoms with Gasteiger partial charge in [0.25, 0.3) is 0 Å². The molecule has 0 aliphatic carbocycles. The highest BCUT2D eigenvalue weighted by Gasteiger charge is 2.20. The number of nitrogens with zero attached hydrogens (tertiary/aromatic N) is 3. The van der Waals surface area contributed by atoms with E-state index in [9.17, 15) is 4.79 Å². The Labute approximate surface area is 138 Å². The number of benzene rings is 1. The van der Waals surface area contributed by atoms with Crippen molar-refractivity contribution < 1.29 is 4.79 Å². The average molecular weight is 334 g/mol. The summed E-state index contributed by atoms with van der Waals surface area (Å²) in [6.07, 6.45) is 5.26. The van der Waals surface area contributed by atoms with Crippen LogP contribution in [0.15, 0.2) is 41.9 Å². The van der Waals surface area contributed by atoms with E-state index in [-0.39, 0.29) is 5.91 Å². The predicted octanol–water partition coefficient (Wildman–Crippen LogP) is 3.16. The van der Waals surface area contributed by atoms with Gasteiger partial charge in [0.05, 0.1) is 0 Å². The van der Waals surface area contributed by atoms with Gasteiger partial charge in [-0.25, -0.2) is 4.98 Å². The molecule has 3 rings (SSSR count). The maximum Gasteiger partial charge on any atom is 0.246 e. The van der Waals surface area contributed by atoms with Crippen molar-refractivity contribution in [3.8, 4) is 0 Å². The first-order chi connectivity index (χ1) is 10.7. The highest BCUT2D eigenvalue weighted by molar-refractivity contribution is 7.13. The normalized spacial score (nSPS) is 15.5. The fourth-order valence-electron chi connectivity index (χ4n) is 2.34. The Bertz CT molecular complexity index is 647. The summed E-state index contributed by atoms with van der Waals surface area (Å²) >= 11 is 7.48. The summed E-state index contributed by atoms with van der Waals surface area (Å²) in [5.41, 5.74) is 0.971. The molecule has 0 radical (unpaired) electrons. The number of halogens is 1. The van der Waals surface area contributed by atoms with Crippen LogP contribution < -0.4 is 4.90 Å². The monoisotopic (exact) mass is 333 g/mol. The smallest absolute Gasteiger partial charge is 0.246 e. The van der Waals surface area contributed by atoms with Crippen LogP contribution in [0.2, 0.25) is 5.02 Å². The number of anilines is 1. The van der Waals surface area contributed by atoms with Gasteiger partial charge in [0.2, 0.25) is 5.91 Å². The molecule has 4 nitrogen and oxygen atoms in total. The summed E-state index contributed by atoms with van der Waals surface area (Å²) < 4.78 is 0. The largest absolute Gasteiger partial charge is 0.345 e. The van der Waals surface area contributed by atoms with Gasteiger partial charge in [0.1, 0.15) is 0 Å². The predicted molar refractivity (Wildman–Crippen MR) is 91.4 cm³/mol. The number of hydrogen-bond acceptors (Lipinski definition) is 4. The molecule has 2 heterocycles. The van der Waals surface area contributed by atoms with Gasteiger partial charge >= 0.3 is 0 Å². The minimum absolute atomic E-state index is 0.0498. The summed E-state index contributed by atoms with van der Waals surface area (Å²) in [5.74, 6) is 0.0498. The molecule has 0 spiro atoms. The van der Waals surface area contributed by atoms with Crippen LogP contribution in [0.25, 0.3) is 6.08 Å². The van der Waals surface area contributed by atoms with Gasteiger partial charge in [-0.1, -0.05) is 23.7 Å². The Morgan fingerprint density at radius 3 is 2.55 bits per heavy atom. The van der Waals surface area contributed by atoms with E-state index in [0.717, 1.165) is 36.9 Å². The summed E-state index contributed by atoms with van der Waals surface area (Å²) in [4.78, 5) is 20.6. The number of aromatic nitrogens is 1. The van der Waals surface area contributed by atoms with E-state index in [2.05, 4.69) is 9.88 Å². The second-order valence-electron chi connectivity index (χ2n) is 5.01. The van der Waals surface area contributed by atoms with Gasteiger partial charge in [-0.3, -0.25) is 4.79 Å². The van der Waals surface area contributed by atoms with Crippen LogP contribution in [0.3, 0.4) is 0 Å². The van der Waals surface area contributed by atoms with Gasteiger partial charge in [0, 0.05) is 48.9 Å². The molecule has 0 unspecified atom stereocenters. The fourth-order valence-corrected chi connectivity index (χ4v) is 3.16. The lowest BCUT2D eigenvalue weighted by atomic mass is 10.2. The second-order valence-corrected chi connectivity index (χ2v) is 6.32. The van der Waals surface area contributed by atoms with Crippen LogP contribution in [0, 0.1) is 0 Å². The summed E-state index contributed by atoms with van der Waals surface area (Å²) in [6.45, 7) is 3.11. The molecule has 1 fully saturated rings. The lowest BCUT2D eigenvalue weighted by Gasteiger charge is -2.34. The van der Waals surface area contributed by atoms with Gasteiger partial charge in [0.15, 0.2) is 5.13 Å². The molecule has 1 aliphatic rings. The highest BCUT2D eigenvalue weighted by Crippen LogP contribution is 2.19. The number of thiazole rings is 1. The quantitative estimate of drug-likeness (QED) is 0.810. The van der Waals surface area contributed by atoms with E-state index in [0.29, 0.717) is 5.02 Å². The van der Waals surface area contributed by atoms with Crippen LogP contribution in [0.5, 0.6) is 0 Å². The molecule has 1 aliphatic heterocycles. The van der Waals surface area contributed by atoms with Crippen LogP contribution in [-0.2, 0) is 4.79 Å². The van der Waals surface area contributed by atoms with E-state index in [1.54, 1.807) is 17.4 Å². The molecular formula is C16H16ClN3OS. The SMILES string of the molecule is O=C(/C=C/c1ccc(Cl)cc1)N1CCN(c2nccs2)CC1. The minimum atomic E-state index is 0.0498. The van der Waals surface area contributed by atoms with Crippen molar-refractivity contribution in [2.75, 3.05) is 31.1 Å². The van der Waals surface area contributed by atoms with Gasteiger partial charge in [-0.05, 0) is 23.8 Å². The van der Waals surface area contributed by atoms with E-state index in [1.165, 1.54) is 0 Å². The number of carbonyl (C=O) groups is 1. The lowest BCUT2D eigenvalue weighted by Crippen LogP contribution is -2.48. The Balaban J connectivity index is 1.54. The molecule has 6 heteroatoms. The molecule has 0 N–H and O–H groups in total. The summed E-state index contributed by atoms with van der Waals surface area (Å²) in [7, 11) is 0. The van der Waals surface area contributed by atoms with Gasteiger partial charge in [-0.15, -0.1) is 11.3 Å². The first kappa shape index (κ1) is 15.1.